The molecule has 1 amide bonds. The molecular formula is C15H15F2NO5. The zero-order chi connectivity index (χ0) is 17.4. The van der Waals surface area contributed by atoms with Crippen molar-refractivity contribution < 1.29 is 32.6 Å². The first-order valence-electron chi connectivity index (χ1n) is 6.47. The number of ether oxygens (including phenoxy) is 2. The zero-order valence-electron chi connectivity index (χ0n) is 12.5. The minimum Gasteiger partial charge on any atom is -0.467 e. The van der Waals surface area contributed by atoms with Crippen molar-refractivity contribution in [1.29, 1.82) is 0 Å². The van der Waals surface area contributed by atoms with Gasteiger partial charge in [-0.3, -0.25) is 4.79 Å². The summed E-state index contributed by atoms with van der Waals surface area (Å²) in [5.41, 5.74) is -0.546. The molecule has 1 atom stereocenters. The highest BCUT2D eigenvalue weighted by Crippen LogP contribution is 2.12. The second kappa shape index (κ2) is 8.62. The first kappa shape index (κ1) is 18.3. The zero-order valence-corrected chi connectivity index (χ0v) is 12.5. The number of hydrogen-bond acceptors (Lipinski definition) is 5. The van der Waals surface area contributed by atoms with Gasteiger partial charge >= 0.3 is 11.9 Å². The Bertz CT molecular complexity index is 630. The van der Waals surface area contributed by atoms with Crippen LogP contribution in [0.3, 0.4) is 0 Å². The van der Waals surface area contributed by atoms with Crippen molar-refractivity contribution in [3.05, 3.63) is 47.5 Å². The molecule has 0 spiro atoms. The number of amides is 1. The number of nitrogens with one attached hydrogen (secondary N) is 1. The molecule has 0 heterocycles. The van der Waals surface area contributed by atoms with Crippen LogP contribution in [0.5, 0.6) is 0 Å². The molecule has 0 fully saturated rings. The van der Waals surface area contributed by atoms with Gasteiger partial charge in [0.25, 0.3) is 5.91 Å². The monoisotopic (exact) mass is 327 g/mol. The Hall–Kier alpha value is -2.77. The fourth-order valence-corrected chi connectivity index (χ4v) is 1.64. The van der Waals surface area contributed by atoms with E-state index < -0.39 is 41.1 Å². The molecule has 124 valence electrons. The molecule has 1 aromatic carbocycles. The van der Waals surface area contributed by atoms with E-state index in [1.54, 1.807) is 0 Å². The average molecular weight is 327 g/mol. The maximum atomic E-state index is 13.6. The van der Waals surface area contributed by atoms with Crippen LogP contribution in [0.2, 0.25) is 0 Å². The van der Waals surface area contributed by atoms with Gasteiger partial charge in [-0.1, -0.05) is 12.1 Å². The van der Waals surface area contributed by atoms with E-state index >= 15 is 0 Å². The quantitative estimate of drug-likeness (QED) is 0.630. The van der Waals surface area contributed by atoms with Crippen molar-refractivity contribution >= 4 is 17.8 Å². The molecule has 0 aliphatic heterocycles. The molecule has 0 aliphatic rings. The summed E-state index contributed by atoms with van der Waals surface area (Å²) in [7, 11) is 2.28. The SMILES string of the molecule is COC(=O)/C=C/C[C@@H](NC(=O)c1cccc(F)c1F)C(=O)OC. The first-order valence-corrected chi connectivity index (χ1v) is 6.47. The van der Waals surface area contributed by atoms with E-state index in [4.69, 9.17) is 0 Å². The van der Waals surface area contributed by atoms with Gasteiger partial charge in [-0.2, -0.15) is 0 Å². The van der Waals surface area contributed by atoms with Gasteiger partial charge in [-0.15, -0.1) is 0 Å². The number of halogens is 2. The Kier molecular flexibility index (Phi) is 6.85. The van der Waals surface area contributed by atoms with Crippen LogP contribution >= 0.6 is 0 Å². The highest BCUT2D eigenvalue weighted by molar-refractivity contribution is 5.97. The third kappa shape index (κ3) is 5.17. The topological polar surface area (TPSA) is 81.7 Å². The van der Waals surface area contributed by atoms with Gasteiger partial charge in [-0.05, 0) is 18.6 Å². The summed E-state index contributed by atoms with van der Waals surface area (Å²) in [4.78, 5) is 34.5. The summed E-state index contributed by atoms with van der Waals surface area (Å²) < 4.78 is 35.6. The van der Waals surface area contributed by atoms with Crippen molar-refractivity contribution in [2.75, 3.05) is 14.2 Å². The summed E-state index contributed by atoms with van der Waals surface area (Å²) in [6, 6.07) is 1.93. The van der Waals surface area contributed by atoms with Gasteiger partial charge in [0, 0.05) is 6.08 Å². The predicted octanol–water partition coefficient (Wildman–Crippen LogP) is 1.36. The average Bonchev–Trinajstić information content (AvgIpc) is 2.55. The Labute approximate surface area is 131 Å². The van der Waals surface area contributed by atoms with E-state index in [2.05, 4.69) is 14.8 Å². The van der Waals surface area contributed by atoms with Crippen LogP contribution in [-0.4, -0.2) is 38.1 Å². The summed E-state index contributed by atoms with van der Waals surface area (Å²) >= 11 is 0. The molecule has 0 radical (unpaired) electrons. The van der Waals surface area contributed by atoms with Crippen LogP contribution in [0.15, 0.2) is 30.4 Å². The lowest BCUT2D eigenvalue weighted by molar-refractivity contribution is -0.143. The summed E-state index contributed by atoms with van der Waals surface area (Å²) in [5, 5.41) is 2.22. The van der Waals surface area contributed by atoms with Gasteiger partial charge in [-0.25, -0.2) is 18.4 Å². The minimum absolute atomic E-state index is 0.0928. The number of hydrogen-bond donors (Lipinski definition) is 1. The summed E-state index contributed by atoms with van der Waals surface area (Å²) in [5.74, 6) is -4.93. The van der Waals surface area contributed by atoms with Crippen molar-refractivity contribution in [1.82, 2.24) is 5.32 Å². The van der Waals surface area contributed by atoms with Gasteiger partial charge in [0.15, 0.2) is 11.6 Å². The van der Waals surface area contributed by atoms with E-state index in [0.29, 0.717) is 0 Å². The third-order valence-electron chi connectivity index (χ3n) is 2.81. The molecule has 0 saturated heterocycles. The molecule has 1 N–H and O–H groups in total. The van der Waals surface area contributed by atoms with E-state index in [1.807, 2.05) is 0 Å². The normalized spacial score (nSPS) is 11.8. The van der Waals surface area contributed by atoms with Crippen LogP contribution in [-0.2, 0) is 19.1 Å². The van der Waals surface area contributed by atoms with E-state index in [-0.39, 0.29) is 6.42 Å². The minimum atomic E-state index is -1.32. The highest BCUT2D eigenvalue weighted by atomic mass is 19.2. The maximum Gasteiger partial charge on any atom is 0.330 e. The van der Waals surface area contributed by atoms with Crippen LogP contribution in [0.25, 0.3) is 0 Å². The van der Waals surface area contributed by atoms with Crippen LogP contribution in [0.1, 0.15) is 16.8 Å². The lowest BCUT2D eigenvalue weighted by Gasteiger charge is -2.15. The molecule has 0 saturated carbocycles. The van der Waals surface area contributed by atoms with Gasteiger partial charge in [0.2, 0.25) is 0 Å². The Morgan fingerprint density at radius 2 is 1.91 bits per heavy atom. The Balaban J connectivity index is 2.86. The second-order valence-corrected chi connectivity index (χ2v) is 4.31. The summed E-state index contributed by atoms with van der Waals surface area (Å²) in [6.07, 6.45) is 2.25. The molecule has 0 bridgehead atoms. The van der Waals surface area contributed by atoms with Crippen LogP contribution in [0, 0.1) is 11.6 Å². The fourth-order valence-electron chi connectivity index (χ4n) is 1.64. The molecule has 8 heteroatoms. The van der Waals surface area contributed by atoms with Gasteiger partial charge in [0.1, 0.15) is 6.04 Å². The number of methoxy groups -OCH3 is 2. The second-order valence-electron chi connectivity index (χ2n) is 4.31. The van der Waals surface area contributed by atoms with E-state index in [1.165, 1.54) is 13.2 Å². The molecular weight excluding hydrogens is 312 g/mol. The number of rotatable bonds is 6. The first-order chi connectivity index (χ1) is 10.9. The maximum absolute atomic E-state index is 13.6. The smallest absolute Gasteiger partial charge is 0.330 e. The van der Waals surface area contributed by atoms with E-state index in [0.717, 1.165) is 31.4 Å². The number of carbonyl (C=O) groups is 3. The summed E-state index contributed by atoms with van der Waals surface area (Å²) in [6.45, 7) is 0. The lowest BCUT2D eigenvalue weighted by Crippen LogP contribution is -2.41. The number of esters is 2. The molecule has 0 aliphatic carbocycles. The predicted molar refractivity (Wildman–Crippen MR) is 75.4 cm³/mol. The molecule has 0 aromatic heterocycles. The molecule has 1 rings (SSSR count). The van der Waals surface area contributed by atoms with Crippen molar-refractivity contribution in [2.24, 2.45) is 0 Å². The van der Waals surface area contributed by atoms with Crippen LogP contribution < -0.4 is 5.32 Å². The van der Waals surface area contributed by atoms with Crippen molar-refractivity contribution in [3.8, 4) is 0 Å². The Morgan fingerprint density at radius 3 is 2.52 bits per heavy atom. The van der Waals surface area contributed by atoms with Crippen molar-refractivity contribution in [3.63, 3.8) is 0 Å². The molecule has 23 heavy (non-hydrogen) atoms. The standard InChI is InChI=1S/C15H15F2NO5/c1-22-12(19)8-4-7-11(15(21)23-2)18-14(20)9-5-3-6-10(16)13(9)17/h3-6,8,11H,7H2,1-2H3,(H,18,20)/b8-4+/t11-/m1/s1. The number of benzene rings is 1. The lowest BCUT2D eigenvalue weighted by atomic mass is 10.1. The van der Waals surface area contributed by atoms with Gasteiger partial charge < -0.3 is 14.8 Å². The fraction of sp³-hybridized carbons (Fsp3) is 0.267. The van der Waals surface area contributed by atoms with Gasteiger partial charge in [0.05, 0.1) is 19.8 Å². The van der Waals surface area contributed by atoms with Crippen molar-refractivity contribution in [2.45, 2.75) is 12.5 Å². The molecule has 1 aromatic rings. The number of carbonyl (C=O) groups excluding carboxylic acids is 3. The Morgan fingerprint density at radius 1 is 1.22 bits per heavy atom. The highest BCUT2D eigenvalue weighted by Gasteiger charge is 2.23. The van der Waals surface area contributed by atoms with Crippen LogP contribution in [0.4, 0.5) is 8.78 Å². The van der Waals surface area contributed by atoms with E-state index in [9.17, 15) is 23.2 Å². The third-order valence-corrected chi connectivity index (χ3v) is 2.81. The largest absolute Gasteiger partial charge is 0.467 e. The molecule has 6 nitrogen and oxygen atoms in total. The molecule has 0 unspecified atom stereocenters.